The van der Waals surface area contributed by atoms with Crippen LogP contribution >= 0.6 is 23.2 Å². The number of carboxylic acid groups (broad SMARTS) is 1. The van der Waals surface area contributed by atoms with Crippen LogP contribution in [0.25, 0.3) is 0 Å². The summed E-state index contributed by atoms with van der Waals surface area (Å²) in [6.45, 7) is 0. The van der Waals surface area contributed by atoms with Gasteiger partial charge in [-0.05, 0) is 36.4 Å². The Kier molecular flexibility index (Phi) is 4.90. The Morgan fingerprint density at radius 3 is 2.45 bits per heavy atom. The molecule has 0 aliphatic carbocycles. The Balaban J connectivity index is 2.29. The van der Waals surface area contributed by atoms with Gasteiger partial charge in [-0.1, -0.05) is 23.2 Å². The molecule has 2 aromatic rings. The zero-order chi connectivity index (χ0) is 16.3. The normalized spacial score (nSPS) is 10.1. The molecule has 0 unspecified atom stereocenters. The van der Waals surface area contributed by atoms with Crippen LogP contribution in [-0.4, -0.2) is 24.1 Å². The predicted molar refractivity (Wildman–Crippen MR) is 84.4 cm³/mol. The summed E-state index contributed by atoms with van der Waals surface area (Å²) in [4.78, 5) is 23.1. The molecule has 2 rings (SSSR count). The van der Waals surface area contributed by atoms with Crippen molar-refractivity contribution >= 4 is 40.8 Å². The first-order valence-corrected chi connectivity index (χ1v) is 6.85. The third-order valence-electron chi connectivity index (χ3n) is 2.87. The van der Waals surface area contributed by atoms with Gasteiger partial charge in [0.05, 0.1) is 28.9 Å². The van der Waals surface area contributed by atoms with E-state index >= 15 is 0 Å². The van der Waals surface area contributed by atoms with Crippen LogP contribution in [0.15, 0.2) is 36.4 Å². The highest BCUT2D eigenvalue weighted by Crippen LogP contribution is 2.27. The van der Waals surface area contributed by atoms with Gasteiger partial charge < -0.3 is 15.2 Å². The van der Waals surface area contributed by atoms with E-state index in [1.807, 2.05) is 0 Å². The van der Waals surface area contributed by atoms with Gasteiger partial charge in [-0.3, -0.25) is 4.79 Å². The topological polar surface area (TPSA) is 75.6 Å². The number of carboxylic acids is 1. The van der Waals surface area contributed by atoms with Crippen LogP contribution in [-0.2, 0) is 0 Å². The molecule has 2 N–H and O–H groups in total. The minimum atomic E-state index is -1.10. The zero-order valence-electron chi connectivity index (χ0n) is 11.4. The van der Waals surface area contributed by atoms with Crippen LogP contribution < -0.4 is 10.1 Å². The third-order valence-corrected chi connectivity index (χ3v) is 3.42. The minimum Gasteiger partial charge on any atom is -0.496 e. The van der Waals surface area contributed by atoms with Crippen molar-refractivity contribution in [3.63, 3.8) is 0 Å². The number of ether oxygens (including phenoxy) is 1. The lowest BCUT2D eigenvalue weighted by Crippen LogP contribution is -2.13. The lowest BCUT2D eigenvalue weighted by molar-refractivity contribution is 0.0696. The molecule has 0 heterocycles. The molecule has 0 aliphatic rings. The molecule has 0 aromatic heterocycles. The number of hydrogen-bond donors (Lipinski definition) is 2. The monoisotopic (exact) mass is 339 g/mol. The van der Waals surface area contributed by atoms with E-state index in [-0.39, 0.29) is 16.1 Å². The number of hydrogen-bond acceptors (Lipinski definition) is 3. The van der Waals surface area contributed by atoms with Crippen molar-refractivity contribution in [3.8, 4) is 5.75 Å². The average Bonchev–Trinajstić information content (AvgIpc) is 2.48. The molecule has 0 fully saturated rings. The average molecular weight is 340 g/mol. The highest BCUT2D eigenvalue weighted by atomic mass is 35.5. The van der Waals surface area contributed by atoms with Crippen LogP contribution in [0.5, 0.6) is 5.75 Å². The smallest absolute Gasteiger partial charge is 0.335 e. The van der Waals surface area contributed by atoms with Crippen molar-refractivity contribution in [1.29, 1.82) is 0 Å². The van der Waals surface area contributed by atoms with Gasteiger partial charge in [0.15, 0.2) is 0 Å². The van der Waals surface area contributed by atoms with Gasteiger partial charge in [0.2, 0.25) is 0 Å². The van der Waals surface area contributed by atoms with E-state index in [0.717, 1.165) is 0 Å². The van der Waals surface area contributed by atoms with Gasteiger partial charge in [0.1, 0.15) is 5.75 Å². The fourth-order valence-corrected chi connectivity index (χ4v) is 2.20. The van der Waals surface area contributed by atoms with Crippen molar-refractivity contribution < 1.29 is 19.4 Å². The summed E-state index contributed by atoms with van der Waals surface area (Å²) in [6, 6.07) is 8.67. The number of benzene rings is 2. The Labute approximate surface area is 136 Å². The largest absolute Gasteiger partial charge is 0.496 e. The van der Waals surface area contributed by atoms with E-state index in [1.165, 1.54) is 31.4 Å². The van der Waals surface area contributed by atoms with Crippen LogP contribution in [0.1, 0.15) is 20.7 Å². The molecule has 0 radical (unpaired) electrons. The molecule has 1 amide bonds. The molecule has 0 bridgehead atoms. The molecule has 0 spiro atoms. The molecule has 7 heteroatoms. The van der Waals surface area contributed by atoms with Crippen LogP contribution in [0.2, 0.25) is 10.0 Å². The van der Waals surface area contributed by atoms with Crippen LogP contribution in [0.4, 0.5) is 5.69 Å². The molecule has 22 heavy (non-hydrogen) atoms. The fraction of sp³-hybridized carbons (Fsp3) is 0.0667. The van der Waals surface area contributed by atoms with Crippen molar-refractivity contribution in [1.82, 2.24) is 0 Å². The van der Waals surface area contributed by atoms with Crippen molar-refractivity contribution in [3.05, 3.63) is 57.6 Å². The molecule has 0 aliphatic heterocycles. The summed E-state index contributed by atoms with van der Waals surface area (Å²) >= 11 is 11.9. The van der Waals surface area contributed by atoms with E-state index in [0.29, 0.717) is 16.5 Å². The fourth-order valence-electron chi connectivity index (χ4n) is 1.80. The molecular formula is C15H11Cl2NO4. The second kappa shape index (κ2) is 6.68. The zero-order valence-corrected chi connectivity index (χ0v) is 12.9. The first-order chi connectivity index (χ1) is 10.4. The van der Waals surface area contributed by atoms with Crippen LogP contribution in [0, 0.1) is 0 Å². The SMILES string of the molecule is COc1ccc(Cl)cc1C(=O)Nc1ccc(C(=O)O)cc1Cl. The van der Waals surface area contributed by atoms with E-state index < -0.39 is 11.9 Å². The standard InChI is InChI=1S/C15H11Cl2NO4/c1-22-13-5-3-9(16)7-10(13)14(19)18-12-4-2-8(15(20)21)6-11(12)17/h2-7H,1H3,(H,18,19)(H,20,21). The molecule has 2 aromatic carbocycles. The van der Waals surface area contributed by atoms with Gasteiger partial charge in [-0.2, -0.15) is 0 Å². The third kappa shape index (κ3) is 3.50. The molecular weight excluding hydrogens is 329 g/mol. The lowest BCUT2D eigenvalue weighted by atomic mass is 10.1. The Morgan fingerprint density at radius 1 is 1.14 bits per heavy atom. The second-order valence-corrected chi connectivity index (χ2v) is 5.14. The summed E-state index contributed by atoms with van der Waals surface area (Å²) in [5, 5.41) is 12.0. The van der Waals surface area contributed by atoms with Crippen molar-refractivity contribution in [2.45, 2.75) is 0 Å². The van der Waals surface area contributed by atoms with Gasteiger partial charge >= 0.3 is 5.97 Å². The second-order valence-electron chi connectivity index (χ2n) is 4.30. The van der Waals surface area contributed by atoms with Crippen molar-refractivity contribution in [2.75, 3.05) is 12.4 Å². The van der Waals surface area contributed by atoms with E-state index in [9.17, 15) is 9.59 Å². The van der Waals surface area contributed by atoms with E-state index in [4.69, 9.17) is 33.0 Å². The first kappa shape index (κ1) is 16.1. The highest BCUT2D eigenvalue weighted by Gasteiger charge is 2.15. The Bertz CT molecular complexity index is 746. The Hall–Kier alpha value is -2.24. The number of nitrogens with one attached hydrogen (secondary N) is 1. The minimum absolute atomic E-state index is 0.0309. The molecule has 5 nitrogen and oxygen atoms in total. The summed E-state index contributed by atoms with van der Waals surface area (Å²) in [5.74, 6) is -1.21. The lowest BCUT2D eigenvalue weighted by Gasteiger charge is -2.11. The quantitative estimate of drug-likeness (QED) is 0.884. The summed E-state index contributed by atoms with van der Waals surface area (Å²) < 4.78 is 5.11. The Morgan fingerprint density at radius 2 is 1.86 bits per heavy atom. The number of methoxy groups -OCH3 is 1. The molecule has 0 saturated carbocycles. The molecule has 114 valence electrons. The number of carbonyl (C=O) groups is 2. The predicted octanol–water partition coefficient (Wildman–Crippen LogP) is 3.95. The summed E-state index contributed by atoms with van der Waals surface area (Å²) in [6.07, 6.45) is 0. The van der Waals surface area contributed by atoms with Gasteiger partial charge in [-0.15, -0.1) is 0 Å². The number of aromatic carboxylic acids is 1. The summed E-state index contributed by atoms with van der Waals surface area (Å²) in [7, 11) is 1.44. The molecule has 0 atom stereocenters. The molecule has 0 saturated heterocycles. The van der Waals surface area contributed by atoms with Gasteiger partial charge in [0.25, 0.3) is 5.91 Å². The van der Waals surface area contributed by atoms with Crippen LogP contribution in [0.3, 0.4) is 0 Å². The number of rotatable bonds is 4. The van der Waals surface area contributed by atoms with E-state index in [2.05, 4.69) is 5.32 Å². The maximum atomic E-state index is 12.3. The number of anilines is 1. The first-order valence-electron chi connectivity index (χ1n) is 6.10. The van der Waals surface area contributed by atoms with Gasteiger partial charge in [0, 0.05) is 5.02 Å². The summed E-state index contributed by atoms with van der Waals surface area (Å²) in [5.41, 5.74) is 0.565. The maximum Gasteiger partial charge on any atom is 0.335 e. The van der Waals surface area contributed by atoms with Gasteiger partial charge in [-0.25, -0.2) is 4.79 Å². The number of amides is 1. The van der Waals surface area contributed by atoms with E-state index in [1.54, 1.807) is 12.1 Å². The number of halogens is 2. The number of carbonyl (C=O) groups excluding carboxylic acids is 1. The highest BCUT2D eigenvalue weighted by molar-refractivity contribution is 6.34. The van der Waals surface area contributed by atoms with Crippen molar-refractivity contribution in [2.24, 2.45) is 0 Å². The maximum absolute atomic E-state index is 12.3.